The van der Waals surface area contributed by atoms with Gasteiger partial charge in [0.15, 0.2) is 6.29 Å². The largest absolute Gasteiger partial charge is 0.457 e. The van der Waals surface area contributed by atoms with Crippen LogP contribution in [0.4, 0.5) is 0 Å². The van der Waals surface area contributed by atoms with E-state index in [0.29, 0.717) is 13.0 Å². The van der Waals surface area contributed by atoms with Crippen molar-refractivity contribution >= 4 is 16.4 Å². The van der Waals surface area contributed by atoms with E-state index >= 15 is 0 Å². The van der Waals surface area contributed by atoms with E-state index in [1.165, 1.54) is 38.5 Å². The average Bonchev–Trinajstić information content (AvgIpc) is 3.24. The summed E-state index contributed by atoms with van der Waals surface area (Å²) in [6, 6.07) is 0. The molecule has 1 heterocycles. The van der Waals surface area contributed by atoms with Crippen molar-refractivity contribution in [2.75, 3.05) is 26.4 Å². The van der Waals surface area contributed by atoms with E-state index in [4.69, 9.17) is 23.5 Å². The van der Waals surface area contributed by atoms with Crippen LogP contribution in [0.1, 0.15) is 155 Å². The molecule has 0 spiro atoms. The van der Waals surface area contributed by atoms with Gasteiger partial charge in [-0.25, -0.2) is 4.18 Å². The molecule has 0 bridgehead atoms. The third kappa shape index (κ3) is 32.9. The smallest absolute Gasteiger partial charge is 0.397 e. The number of allylic oxidation sites excluding steroid dienone is 14. The molecule has 1 aliphatic rings. The van der Waals surface area contributed by atoms with Crippen LogP contribution in [-0.4, -0.2) is 97.5 Å². The van der Waals surface area contributed by atoms with E-state index in [9.17, 15) is 28.5 Å². The van der Waals surface area contributed by atoms with Crippen LogP contribution in [0.3, 0.4) is 0 Å². The number of ether oxygens (including phenoxy) is 4. The van der Waals surface area contributed by atoms with E-state index in [1.807, 2.05) is 0 Å². The Morgan fingerprint density at radius 2 is 1.11 bits per heavy atom. The zero-order valence-corrected chi connectivity index (χ0v) is 38.7. The summed E-state index contributed by atoms with van der Waals surface area (Å²) in [7, 11) is -5.08. The van der Waals surface area contributed by atoms with Gasteiger partial charge >= 0.3 is 16.4 Å². The van der Waals surface area contributed by atoms with Gasteiger partial charge in [0.05, 0.1) is 19.8 Å². The van der Waals surface area contributed by atoms with Crippen molar-refractivity contribution in [1.82, 2.24) is 0 Å². The molecule has 356 valence electrons. The maximum Gasteiger partial charge on any atom is 0.397 e. The average molecular weight is 895 g/mol. The predicted molar refractivity (Wildman–Crippen MR) is 248 cm³/mol. The van der Waals surface area contributed by atoms with Crippen LogP contribution in [0.5, 0.6) is 0 Å². The third-order valence-corrected chi connectivity index (χ3v) is 10.5. The predicted octanol–water partition coefficient (Wildman–Crippen LogP) is 10.1. The van der Waals surface area contributed by atoms with Crippen molar-refractivity contribution in [1.29, 1.82) is 0 Å². The summed E-state index contributed by atoms with van der Waals surface area (Å²) in [4.78, 5) is 12.9. The second kappa shape index (κ2) is 39.8. The molecule has 13 heteroatoms. The quantitative estimate of drug-likeness (QED) is 0.0199. The van der Waals surface area contributed by atoms with Gasteiger partial charge in [-0.15, -0.1) is 0 Å². The molecule has 0 aromatic carbocycles. The van der Waals surface area contributed by atoms with Crippen molar-refractivity contribution < 1.29 is 56.2 Å². The number of esters is 1. The fraction of sp³-hybridized carbons (Fsp3) is 0.694. The Kier molecular flexibility index (Phi) is 36.8. The summed E-state index contributed by atoms with van der Waals surface area (Å²) in [5, 5.41) is 30.7. The molecule has 62 heavy (non-hydrogen) atoms. The van der Waals surface area contributed by atoms with Gasteiger partial charge in [0.1, 0.15) is 30.5 Å². The zero-order chi connectivity index (χ0) is 45.4. The summed E-state index contributed by atoms with van der Waals surface area (Å²) in [5.41, 5.74) is 0. The summed E-state index contributed by atoms with van der Waals surface area (Å²) in [5.74, 6) is -0.434. The lowest BCUT2D eigenvalue weighted by Gasteiger charge is -2.41. The zero-order valence-electron chi connectivity index (χ0n) is 37.9. The van der Waals surface area contributed by atoms with E-state index < -0.39 is 59.8 Å². The van der Waals surface area contributed by atoms with Crippen LogP contribution >= 0.6 is 0 Å². The fourth-order valence-electron chi connectivity index (χ4n) is 6.51. The highest BCUT2D eigenvalue weighted by atomic mass is 32.3. The molecule has 4 N–H and O–H groups in total. The van der Waals surface area contributed by atoms with Crippen LogP contribution < -0.4 is 0 Å². The maximum atomic E-state index is 12.9. The highest BCUT2D eigenvalue weighted by Gasteiger charge is 2.48. The molecule has 0 amide bonds. The Hall–Kier alpha value is -2.72. The molecule has 1 aliphatic heterocycles. The number of carbonyl (C=O) groups is 1. The number of carbonyl (C=O) groups excluding carboxylic acids is 1. The highest BCUT2D eigenvalue weighted by molar-refractivity contribution is 7.80. The lowest BCUT2D eigenvalue weighted by atomic mass is 9.99. The molecule has 12 nitrogen and oxygen atoms in total. The van der Waals surface area contributed by atoms with Gasteiger partial charge in [-0.3, -0.25) is 9.35 Å². The minimum Gasteiger partial charge on any atom is -0.457 e. The molecule has 1 saturated heterocycles. The van der Waals surface area contributed by atoms with E-state index in [2.05, 4.69) is 103 Å². The number of rotatable bonds is 39. The second-order valence-corrected chi connectivity index (χ2v) is 16.7. The van der Waals surface area contributed by atoms with Gasteiger partial charge in [0, 0.05) is 13.0 Å². The molecule has 0 aliphatic carbocycles. The van der Waals surface area contributed by atoms with Crippen LogP contribution in [-0.2, 0) is 38.3 Å². The molecule has 6 unspecified atom stereocenters. The third-order valence-electron chi connectivity index (χ3n) is 10.0. The Morgan fingerprint density at radius 3 is 1.63 bits per heavy atom. The van der Waals surface area contributed by atoms with Crippen molar-refractivity contribution in [2.24, 2.45) is 0 Å². The lowest BCUT2D eigenvalue weighted by molar-refractivity contribution is -0.301. The van der Waals surface area contributed by atoms with Crippen molar-refractivity contribution in [3.05, 3.63) is 85.1 Å². The molecule has 0 radical (unpaired) electrons. The summed E-state index contributed by atoms with van der Waals surface area (Å²) in [6.45, 7) is 3.68. The molecule has 0 aromatic heterocycles. The van der Waals surface area contributed by atoms with E-state index in [0.717, 1.165) is 89.9 Å². The van der Waals surface area contributed by atoms with Crippen molar-refractivity contribution in [3.63, 3.8) is 0 Å². The molecular formula is C49H82O12S. The van der Waals surface area contributed by atoms with Gasteiger partial charge < -0.3 is 34.3 Å². The number of aliphatic hydroxyl groups excluding tert-OH is 3. The SMILES string of the molecule is CC/C=C\C/C=C\C/C=C\C/C=C\CCCOCC(COC1OC(CO)C(O)C(OS(=O)(=O)O)C1O)OC(=O)CCCCCCCC/C=C\C/C=C\C/C=C\CCCCCCC. The monoisotopic (exact) mass is 895 g/mol. The summed E-state index contributed by atoms with van der Waals surface area (Å²) < 4.78 is 59.0. The van der Waals surface area contributed by atoms with Crippen LogP contribution in [0, 0.1) is 0 Å². The van der Waals surface area contributed by atoms with E-state index in [1.54, 1.807) is 0 Å². The fourth-order valence-corrected chi connectivity index (χ4v) is 7.01. The van der Waals surface area contributed by atoms with Crippen LogP contribution in [0.25, 0.3) is 0 Å². The number of hydrogen-bond acceptors (Lipinski definition) is 11. The molecular weight excluding hydrogens is 813 g/mol. The number of aliphatic hydroxyl groups is 3. The highest BCUT2D eigenvalue weighted by Crippen LogP contribution is 2.26. The van der Waals surface area contributed by atoms with Gasteiger partial charge in [-0.05, 0) is 83.5 Å². The summed E-state index contributed by atoms with van der Waals surface area (Å²) >= 11 is 0. The molecule has 0 saturated carbocycles. The minimum absolute atomic E-state index is 0.0127. The van der Waals surface area contributed by atoms with Gasteiger partial charge in [0.25, 0.3) is 0 Å². The second-order valence-electron chi connectivity index (χ2n) is 15.6. The number of unbranched alkanes of at least 4 members (excludes halogenated alkanes) is 12. The molecule has 6 atom stereocenters. The Morgan fingerprint density at radius 1 is 0.629 bits per heavy atom. The van der Waals surface area contributed by atoms with Crippen LogP contribution in [0.15, 0.2) is 85.1 Å². The molecule has 0 aromatic rings. The first-order valence-corrected chi connectivity index (χ1v) is 24.7. The van der Waals surface area contributed by atoms with Crippen molar-refractivity contribution in [3.8, 4) is 0 Å². The van der Waals surface area contributed by atoms with Crippen molar-refractivity contribution in [2.45, 2.75) is 192 Å². The Balaban J connectivity index is 2.45. The Labute approximate surface area is 374 Å². The maximum absolute atomic E-state index is 12.9. The topological polar surface area (TPSA) is 178 Å². The molecule has 1 rings (SSSR count). The van der Waals surface area contributed by atoms with Gasteiger partial charge in [0.2, 0.25) is 0 Å². The standard InChI is InChI=1S/C49H82O12S/c1-3-5-7-9-11-13-15-17-19-20-21-22-23-24-25-26-28-30-32-34-36-38-45(51)59-43(41-57-39-37-35-33-31-29-27-18-16-14-12-10-8-6-4-2)42-58-49-47(53)48(61-62(54,55)56)46(52)44(40-50)60-49/h6,8,12,14-15,17-18,20-21,23-24,27,31,33,43-44,46-50,52-53H,3-5,7,9-11,13,16,19,22,25-26,28-30,32,34-42H2,1-2H3,(H,54,55,56)/b8-6-,14-12-,17-15-,21-20-,24-23-,27-18-,33-31-. The normalized spacial score (nSPS) is 20.8. The van der Waals surface area contributed by atoms with Gasteiger partial charge in [-0.1, -0.05) is 150 Å². The lowest BCUT2D eigenvalue weighted by Crippen LogP contribution is -2.60. The first-order chi connectivity index (χ1) is 30.1. The first-order valence-electron chi connectivity index (χ1n) is 23.3. The van der Waals surface area contributed by atoms with Crippen LogP contribution in [0.2, 0.25) is 0 Å². The number of hydrogen-bond donors (Lipinski definition) is 4. The summed E-state index contributed by atoms with van der Waals surface area (Å²) in [6.07, 6.45) is 43.4. The first kappa shape index (κ1) is 57.3. The van der Waals surface area contributed by atoms with E-state index in [-0.39, 0.29) is 19.6 Å². The Bertz CT molecular complexity index is 1400. The molecule has 1 fully saturated rings. The van der Waals surface area contributed by atoms with Gasteiger partial charge in [-0.2, -0.15) is 8.42 Å². The minimum atomic E-state index is -5.08.